The van der Waals surface area contributed by atoms with Crippen LogP contribution in [0, 0.1) is 11.7 Å². The highest BCUT2D eigenvalue weighted by Crippen LogP contribution is 2.57. The van der Waals surface area contributed by atoms with Crippen LogP contribution in [0.5, 0.6) is 0 Å². The van der Waals surface area contributed by atoms with Gasteiger partial charge in [-0.2, -0.15) is 26.3 Å². The van der Waals surface area contributed by atoms with E-state index >= 15 is 0 Å². The first kappa shape index (κ1) is 30.7. The van der Waals surface area contributed by atoms with Crippen molar-refractivity contribution in [2.75, 3.05) is 18.1 Å². The van der Waals surface area contributed by atoms with Crippen LogP contribution in [0.25, 0.3) is 0 Å². The van der Waals surface area contributed by atoms with Crippen molar-refractivity contribution in [1.29, 1.82) is 0 Å². The Morgan fingerprint density at radius 1 is 0.905 bits per heavy atom. The Morgan fingerprint density at radius 2 is 1.48 bits per heavy atom. The van der Waals surface area contributed by atoms with Crippen molar-refractivity contribution in [1.82, 2.24) is 4.90 Å². The zero-order chi connectivity index (χ0) is 31.1. The molecule has 42 heavy (non-hydrogen) atoms. The molecule has 5 rings (SSSR count). The molecule has 1 amide bonds. The van der Waals surface area contributed by atoms with Gasteiger partial charge in [-0.25, -0.2) is 25.6 Å². The van der Waals surface area contributed by atoms with Crippen LogP contribution in [0.4, 0.5) is 35.1 Å². The fraction of sp³-hybridized carbons (Fsp3) is 0.500. The fourth-order valence-corrected chi connectivity index (χ4v) is 10.3. The lowest BCUT2D eigenvalue weighted by molar-refractivity contribution is -0.348. The lowest BCUT2D eigenvalue weighted by Gasteiger charge is -2.35. The Balaban J connectivity index is 1.65. The van der Waals surface area contributed by atoms with Crippen LogP contribution in [0.3, 0.4) is 0 Å². The van der Waals surface area contributed by atoms with Crippen molar-refractivity contribution in [3.05, 3.63) is 65.0 Å². The number of hydrogen-bond acceptors (Lipinski definition) is 5. The number of carbonyl (C=O) groups is 1. The maximum absolute atomic E-state index is 14.9. The van der Waals surface area contributed by atoms with E-state index in [1.807, 2.05) is 0 Å². The van der Waals surface area contributed by atoms with Crippen molar-refractivity contribution in [2.24, 2.45) is 5.92 Å². The van der Waals surface area contributed by atoms with E-state index in [0.29, 0.717) is 6.07 Å². The maximum atomic E-state index is 14.9. The highest BCUT2D eigenvalue weighted by molar-refractivity contribution is 7.92. The number of alkyl halides is 7. The highest BCUT2D eigenvalue weighted by atomic mass is 32.2. The van der Waals surface area contributed by atoms with Crippen LogP contribution >= 0.6 is 0 Å². The zero-order valence-corrected chi connectivity index (χ0v) is 23.1. The van der Waals surface area contributed by atoms with Crippen LogP contribution in [-0.4, -0.2) is 64.1 Å². The Morgan fingerprint density at radius 3 is 2.02 bits per heavy atom. The molecule has 0 N–H and O–H groups in total. The monoisotopic (exact) mass is 645 g/mol. The van der Waals surface area contributed by atoms with Gasteiger partial charge >= 0.3 is 18.0 Å². The molecular weight excluding hydrogens is 622 g/mol. The van der Waals surface area contributed by atoms with E-state index in [4.69, 9.17) is 0 Å². The number of sulfone groups is 2. The number of hydrogen-bond donors (Lipinski definition) is 0. The average Bonchev–Trinajstić information content (AvgIpc) is 3.42. The summed E-state index contributed by atoms with van der Waals surface area (Å²) in [5.41, 5.74) is -8.04. The third kappa shape index (κ3) is 4.42. The van der Waals surface area contributed by atoms with E-state index in [1.165, 1.54) is 4.90 Å². The van der Waals surface area contributed by atoms with E-state index < -0.39 is 83.0 Å². The second kappa shape index (κ2) is 9.63. The summed E-state index contributed by atoms with van der Waals surface area (Å²) in [4.78, 5) is 14.4. The topological polar surface area (TPSA) is 88.6 Å². The zero-order valence-electron chi connectivity index (χ0n) is 21.5. The van der Waals surface area contributed by atoms with Gasteiger partial charge in [0, 0.05) is 18.0 Å². The number of amides is 1. The van der Waals surface area contributed by atoms with Gasteiger partial charge in [-0.15, -0.1) is 0 Å². The van der Waals surface area contributed by atoms with Gasteiger partial charge in [0.2, 0.25) is 5.91 Å². The van der Waals surface area contributed by atoms with E-state index in [-0.39, 0.29) is 54.5 Å². The molecule has 2 fully saturated rings. The highest BCUT2D eigenvalue weighted by Gasteiger charge is 2.74. The van der Waals surface area contributed by atoms with Gasteiger partial charge in [0.05, 0.1) is 22.4 Å². The first-order valence-electron chi connectivity index (χ1n) is 12.7. The smallest absolute Gasteiger partial charge is 0.337 e. The van der Waals surface area contributed by atoms with Crippen molar-refractivity contribution in [2.45, 2.75) is 59.4 Å². The molecular formula is C26H23F8NO5S2. The Labute approximate surface area is 235 Å². The van der Waals surface area contributed by atoms with Gasteiger partial charge < -0.3 is 4.90 Å². The normalized spacial score (nSPS) is 24.9. The molecule has 2 heterocycles. The molecule has 0 bridgehead atoms. The van der Waals surface area contributed by atoms with E-state index in [0.717, 1.165) is 30.3 Å². The predicted molar refractivity (Wildman–Crippen MR) is 132 cm³/mol. The van der Waals surface area contributed by atoms with Gasteiger partial charge in [0.25, 0.3) is 0 Å². The van der Waals surface area contributed by atoms with Gasteiger partial charge in [-0.3, -0.25) is 4.79 Å². The third-order valence-corrected chi connectivity index (χ3v) is 12.8. The van der Waals surface area contributed by atoms with Gasteiger partial charge in [-0.05, 0) is 61.1 Å². The lowest BCUT2D eigenvalue weighted by Crippen LogP contribution is -2.50. The first-order chi connectivity index (χ1) is 19.3. The maximum Gasteiger partial charge on any atom is 0.435 e. The lowest BCUT2D eigenvalue weighted by atomic mass is 9.90. The van der Waals surface area contributed by atoms with Crippen molar-refractivity contribution in [3.63, 3.8) is 0 Å². The van der Waals surface area contributed by atoms with Crippen LogP contribution in [0.2, 0.25) is 0 Å². The molecule has 0 radical (unpaired) electrons. The number of nitrogens with zero attached hydrogens (tertiary/aromatic N) is 1. The van der Waals surface area contributed by atoms with Gasteiger partial charge in [-0.1, -0.05) is 18.2 Å². The van der Waals surface area contributed by atoms with E-state index in [1.54, 1.807) is 0 Å². The summed E-state index contributed by atoms with van der Waals surface area (Å²) < 4.78 is 160. The fourth-order valence-electron chi connectivity index (χ4n) is 6.45. The summed E-state index contributed by atoms with van der Waals surface area (Å²) in [5.74, 6) is -2.72. The second-order valence-corrected chi connectivity index (χ2v) is 15.3. The first-order valence-corrected chi connectivity index (χ1v) is 16.0. The number of rotatable bonds is 4. The largest absolute Gasteiger partial charge is 0.435 e. The molecule has 16 heteroatoms. The molecule has 2 aliphatic heterocycles. The molecule has 2 unspecified atom stereocenters. The predicted octanol–water partition coefficient (Wildman–Crippen LogP) is 4.77. The standard InChI is InChI=1S/C26H23F8NO5S2/c27-18-2-4-19(5-3-18)42(39,40)23-9-10-35(22(36)15-7-11-41(37,38)12-8-15)21(23)14-16-13-17(1-6-20(16)23)24(28,25(29,30)31)26(32,33)34/h1-6,13,15,21H,7-12,14H2. The molecule has 0 spiro atoms. The summed E-state index contributed by atoms with van der Waals surface area (Å²) in [6.45, 7) is -0.160. The Bertz CT molecular complexity index is 1610. The number of halogens is 8. The molecule has 1 aliphatic carbocycles. The minimum absolute atomic E-state index is 0.0409. The van der Waals surface area contributed by atoms with Crippen LogP contribution in [-0.2, 0) is 41.3 Å². The summed E-state index contributed by atoms with van der Waals surface area (Å²) >= 11 is 0. The van der Waals surface area contributed by atoms with E-state index in [9.17, 15) is 56.8 Å². The molecule has 2 saturated heterocycles. The SMILES string of the molecule is O=C(C1CCS(=O)(=O)CC1)N1CCC2(S(=O)(=O)c3ccc(F)cc3)c3ccc(C(F)(C(F)(F)F)C(F)(F)F)cc3CC12. The molecule has 2 aromatic carbocycles. The summed E-state index contributed by atoms with van der Waals surface area (Å²) in [7, 11) is -7.95. The molecule has 230 valence electrons. The minimum atomic E-state index is -6.39. The second-order valence-electron chi connectivity index (χ2n) is 10.8. The minimum Gasteiger partial charge on any atom is -0.337 e. The molecule has 2 atom stereocenters. The Hall–Kier alpha value is -2.75. The summed E-state index contributed by atoms with van der Waals surface area (Å²) in [6, 6.07) is 3.64. The Kier molecular flexibility index (Phi) is 7.04. The summed E-state index contributed by atoms with van der Waals surface area (Å²) in [5, 5.41) is 0. The molecule has 0 saturated carbocycles. The van der Waals surface area contributed by atoms with Gasteiger partial charge in [0.1, 0.15) is 20.4 Å². The van der Waals surface area contributed by atoms with Crippen LogP contribution in [0.1, 0.15) is 36.0 Å². The molecule has 6 nitrogen and oxygen atoms in total. The van der Waals surface area contributed by atoms with Crippen molar-refractivity contribution < 1.29 is 56.8 Å². The van der Waals surface area contributed by atoms with Crippen molar-refractivity contribution >= 4 is 25.6 Å². The van der Waals surface area contributed by atoms with Crippen LogP contribution in [0.15, 0.2) is 47.4 Å². The number of likely N-dealkylation sites (tertiary alicyclic amines) is 1. The molecule has 0 aromatic heterocycles. The van der Waals surface area contributed by atoms with E-state index in [2.05, 4.69) is 0 Å². The van der Waals surface area contributed by atoms with Gasteiger partial charge in [0.15, 0.2) is 9.84 Å². The summed E-state index contributed by atoms with van der Waals surface area (Å²) in [6.07, 6.45) is -13.7. The third-order valence-electron chi connectivity index (χ3n) is 8.58. The van der Waals surface area contributed by atoms with Crippen molar-refractivity contribution in [3.8, 4) is 0 Å². The number of fused-ring (bicyclic) bond motifs is 3. The number of benzene rings is 2. The molecule has 3 aliphatic rings. The average molecular weight is 646 g/mol. The quantitative estimate of drug-likeness (QED) is 0.354. The van der Waals surface area contributed by atoms with Crippen LogP contribution < -0.4 is 0 Å². The number of carbonyl (C=O) groups excluding carboxylic acids is 1. The molecule has 2 aromatic rings.